The third-order valence-corrected chi connectivity index (χ3v) is 4.61. The Balaban J connectivity index is 0. The predicted octanol–water partition coefficient (Wildman–Crippen LogP) is -0.394. The molecular formula is C20H23Cl2Hf-3. The molecule has 0 heterocycles. The summed E-state index contributed by atoms with van der Waals surface area (Å²) < 4.78 is 0. The molecule has 1 aliphatic carbocycles. The van der Waals surface area contributed by atoms with Crippen molar-refractivity contribution >= 4 is 6.08 Å². The van der Waals surface area contributed by atoms with Gasteiger partial charge >= 0.3 is 0 Å². The van der Waals surface area contributed by atoms with Gasteiger partial charge in [0.1, 0.15) is 0 Å². The molecule has 0 aliphatic heterocycles. The van der Waals surface area contributed by atoms with Crippen molar-refractivity contribution in [3.05, 3.63) is 82.4 Å². The molecule has 0 radical (unpaired) electrons. The van der Waals surface area contributed by atoms with Gasteiger partial charge in [0.05, 0.1) is 0 Å². The second kappa shape index (κ2) is 10.4. The number of hydrogen-bond donors (Lipinski definition) is 0. The third-order valence-electron chi connectivity index (χ3n) is 4.61. The van der Waals surface area contributed by atoms with Gasteiger partial charge in [-0.05, 0) is 17.0 Å². The fraction of sp³-hybridized carbons (Fsp3) is 0.250. The summed E-state index contributed by atoms with van der Waals surface area (Å²) in [5.74, 6) is 0.452. The second-order valence-corrected chi connectivity index (χ2v) is 5.38. The number of benzene rings is 1. The van der Waals surface area contributed by atoms with Gasteiger partial charge in [0.25, 0.3) is 0 Å². The Labute approximate surface area is 172 Å². The van der Waals surface area contributed by atoms with Crippen LogP contribution in [0.15, 0.2) is 43.5 Å². The Kier molecular flexibility index (Phi) is 11.2. The van der Waals surface area contributed by atoms with E-state index in [-0.39, 0.29) is 50.7 Å². The Hall–Kier alpha value is -0.500. The average Bonchev–Trinajstić information content (AvgIpc) is 2.98. The van der Waals surface area contributed by atoms with Gasteiger partial charge in [0.15, 0.2) is 0 Å². The standard InChI is InChI=1S/C18H19.C2H4.2ClH.Hf/c1-11-12(2)14(4)18(13(11)3)17-10-9-15-7-5-6-8-16(15)17;1-2;;;/h5-10,17H,1-4H3;1-2H2;2*1H;/q-1;;;;/p-2. The fourth-order valence-corrected chi connectivity index (χ4v) is 3.22. The quantitative estimate of drug-likeness (QED) is 0.277. The molecule has 23 heavy (non-hydrogen) atoms. The zero-order valence-corrected chi connectivity index (χ0v) is 19.3. The van der Waals surface area contributed by atoms with Crippen LogP contribution in [-0.4, -0.2) is 0 Å². The summed E-state index contributed by atoms with van der Waals surface area (Å²) in [4.78, 5) is 0. The van der Waals surface area contributed by atoms with E-state index in [1.165, 1.54) is 38.9 Å². The monoisotopic (exact) mass is 513 g/mol. The first kappa shape index (κ1) is 24.7. The van der Waals surface area contributed by atoms with Crippen LogP contribution in [0.2, 0.25) is 0 Å². The summed E-state index contributed by atoms with van der Waals surface area (Å²) in [7, 11) is 0. The van der Waals surface area contributed by atoms with Crippen LogP contribution in [0.4, 0.5) is 0 Å². The van der Waals surface area contributed by atoms with E-state index in [9.17, 15) is 0 Å². The van der Waals surface area contributed by atoms with Gasteiger partial charge in [0.2, 0.25) is 0 Å². The Morgan fingerprint density at radius 1 is 0.870 bits per heavy atom. The van der Waals surface area contributed by atoms with Gasteiger partial charge in [0, 0.05) is 25.8 Å². The van der Waals surface area contributed by atoms with Crippen LogP contribution < -0.4 is 24.8 Å². The van der Waals surface area contributed by atoms with Gasteiger partial charge in [-0.1, -0.05) is 64.1 Å². The minimum absolute atomic E-state index is 0. The van der Waals surface area contributed by atoms with E-state index in [1.54, 1.807) is 0 Å². The molecule has 124 valence electrons. The molecule has 0 spiro atoms. The zero-order valence-electron chi connectivity index (χ0n) is 14.2. The normalized spacial score (nSPS) is 13.7. The molecule has 0 amide bonds. The fourth-order valence-electron chi connectivity index (χ4n) is 3.22. The molecular weight excluding hydrogens is 490 g/mol. The van der Waals surface area contributed by atoms with Crippen LogP contribution in [0.5, 0.6) is 0 Å². The van der Waals surface area contributed by atoms with Gasteiger partial charge in [-0.2, -0.15) is 22.3 Å². The van der Waals surface area contributed by atoms with E-state index in [2.05, 4.69) is 77.3 Å². The summed E-state index contributed by atoms with van der Waals surface area (Å²) >= 11 is 0. The molecule has 1 unspecified atom stereocenters. The summed E-state index contributed by atoms with van der Waals surface area (Å²) in [6, 6.07) is 8.73. The molecule has 1 aliphatic rings. The number of rotatable bonds is 1. The summed E-state index contributed by atoms with van der Waals surface area (Å²) in [6.07, 6.45) is 4.61. The van der Waals surface area contributed by atoms with Crippen LogP contribution >= 0.6 is 0 Å². The van der Waals surface area contributed by atoms with Crippen molar-refractivity contribution in [2.75, 3.05) is 0 Å². The SMILES string of the molecule is C=C.Cc1c(C)c(C)[c-](C2C=Cc3ccccc32)c1C.[Cl-].[Cl-].[Hf]. The minimum atomic E-state index is 0. The average molecular weight is 513 g/mol. The van der Waals surface area contributed by atoms with E-state index in [0.29, 0.717) is 5.92 Å². The van der Waals surface area contributed by atoms with E-state index in [0.717, 1.165) is 0 Å². The van der Waals surface area contributed by atoms with Crippen molar-refractivity contribution in [3.8, 4) is 0 Å². The molecule has 0 fully saturated rings. The van der Waals surface area contributed by atoms with Crippen molar-refractivity contribution in [1.82, 2.24) is 0 Å². The Morgan fingerprint density at radius 3 is 1.87 bits per heavy atom. The van der Waals surface area contributed by atoms with Crippen molar-refractivity contribution in [3.63, 3.8) is 0 Å². The number of hydrogen-bond acceptors (Lipinski definition) is 0. The molecule has 0 saturated heterocycles. The maximum absolute atomic E-state index is 3.00. The van der Waals surface area contributed by atoms with Crippen molar-refractivity contribution in [2.45, 2.75) is 33.6 Å². The summed E-state index contributed by atoms with van der Waals surface area (Å²) in [5, 5.41) is 0. The van der Waals surface area contributed by atoms with Crippen LogP contribution in [0.25, 0.3) is 6.08 Å². The first-order valence-corrected chi connectivity index (χ1v) is 7.11. The number of halogens is 2. The molecule has 1 atom stereocenters. The summed E-state index contributed by atoms with van der Waals surface area (Å²) in [5.41, 5.74) is 10.2. The van der Waals surface area contributed by atoms with Gasteiger partial charge in [-0.3, -0.25) is 0 Å². The van der Waals surface area contributed by atoms with Crippen LogP contribution in [0, 0.1) is 27.7 Å². The maximum atomic E-state index is 3.00. The first-order chi connectivity index (χ1) is 9.61. The van der Waals surface area contributed by atoms with E-state index in [4.69, 9.17) is 0 Å². The molecule has 0 nitrogen and oxygen atoms in total. The third kappa shape index (κ3) is 4.32. The molecule has 0 aromatic heterocycles. The Morgan fingerprint density at radius 2 is 1.35 bits per heavy atom. The number of fused-ring (bicyclic) bond motifs is 1. The molecule has 3 rings (SSSR count). The van der Waals surface area contributed by atoms with Gasteiger partial charge in [-0.15, -0.1) is 18.7 Å². The molecule has 3 heteroatoms. The maximum Gasteiger partial charge on any atom is 0 e. The smallest absolute Gasteiger partial charge is 0 e. The van der Waals surface area contributed by atoms with Crippen molar-refractivity contribution < 1.29 is 50.7 Å². The summed E-state index contributed by atoms with van der Waals surface area (Å²) in [6.45, 7) is 15.0. The van der Waals surface area contributed by atoms with E-state index in [1.807, 2.05) is 0 Å². The zero-order chi connectivity index (χ0) is 14.9. The topological polar surface area (TPSA) is 0 Å². The molecule has 0 N–H and O–H groups in total. The van der Waals surface area contributed by atoms with Crippen molar-refractivity contribution in [1.29, 1.82) is 0 Å². The molecule has 0 saturated carbocycles. The molecule has 2 aromatic rings. The number of allylic oxidation sites excluding steroid dienone is 1. The minimum Gasteiger partial charge on any atom is -1.00 e. The van der Waals surface area contributed by atoms with Crippen LogP contribution in [0.1, 0.15) is 44.9 Å². The van der Waals surface area contributed by atoms with E-state index >= 15 is 0 Å². The van der Waals surface area contributed by atoms with Crippen LogP contribution in [-0.2, 0) is 25.8 Å². The Bertz CT molecular complexity index is 643. The van der Waals surface area contributed by atoms with Crippen molar-refractivity contribution in [2.24, 2.45) is 0 Å². The van der Waals surface area contributed by atoms with Crippen LogP contribution in [0.3, 0.4) is 0 Å². The second-order valence-electron chi connectivity index (χ2n) is 5.38. The van der Waals surface area contributed by atoms with Gasteiger partial charge < -0.3 is 24.8 Å². The molecule has 0 bridgehead atoms. The van der Waals surface area contributed by atoms with Gasteiger partial charge in [-0.25, -0.2) is 0 Å². The first-order valence-electron chi connectivity index (χ1n) is 7.11. The molecule has 2 aromatic carbocycles. The predicted molar refractivity (Wildman–Crippen MR) is 89.6 cm³/mol. The van der Waals surface area contributed by atoms with E-state index < -0.39 is 0 Å². The largest absolute Gasteiger partial charge is 1.00 e.